The number of esters is 8. The fraction of sp³-hybridized carbons (Fsp3) is 0.394. The van der Waals surface area contributed by atoms with Crippen LogP contribution in [-0.2, 0) is 92.1 Å². The van der Waals surface area contributed by atoms with E-state index in [0.717, 1.165) is 63.1 Å². The Morgan fingerprint density at radius 1 is 0.531 bits per heavy atom. The zero-order chi connectivity index (χ0) is 69.9. The Morgan fingerprint density at radius 2 is 0.990 bits per heavy atom. The van der Waals surface area contributed by atoms with E-state index in [1.807, 2.05) is 19.9 Å². The molecule has 2 fully saturated rings. The molecule has 0 spiro atoms. The van der Waals surface area contributed by atoms with Gasteiger partial charge in [0.15, 0.2) is 36.9 Å². The number of H-pyrrole nitrogens is 4. The number of rotatable bonds is 20. The van der Waals surface area contributed by atoms with Crippen molar-refractivity contribution in [3.05, 3.63) is 141 Å². The van der Waals surface area contributed by atoms with Crippen LogP contribution in [0.2, 0.25) is 0 Å². The minimum absolute atomic E-state index is 0.0000913. The predicted molar refractivity (Wildman–Crippen MR) is 341 cm³/mol. The van der Waals surface area contributed by atoms with Crippen LogP contribution < -0.4 is 22.5 Å². The summed E-state index contributed by atoms with van der Waals surface area (Å²) in [7, 11) is 2.57. The molecule has 0 saturated carbocycles. The zero-order valence-corrected chi connectivity index (χ0v) is 54.5. The lowest BCUT2D eigenvalue weighted by atomic mass is 9.94. The van der Waals surface area contributed by atoms with Crippen LogP contribution in [0.1, 0.15) is 143 Å². The molecule has 96 heavy (non-hydrogen) atoms. The number of aryl methyl sites for hydroxylation is 3. The molecule has 0 radical (unpaired) electrons. The van der Waals surface area contributed by atoms with Gasteiger partial charge in [0.25, 0.3) is 11.1 Å². The number of carbonyl (C=O) groups excluding carboxylic acids is 8. The number of methoxy groups -OCH3 is 2. The average Bonchev–Trinajstić information content (AvgIpc) is 1.50. The Bertz CT molecular complexity index is 4610. The molecule has 4 aliphatic heterocycles. The van der Waals surface area contributed by atoms with Gasteiger partial charge in [-0.3, -0.25) is 67.0 Å². The molecule has 30 heteroatoms. The monoisotopic (exact) mass is 1330 g/mol. The number of aromatic nitrogens is 8. The molecule has 8 bridgehead atoms. The van der Waals surface area contributed by atoms with E-state index >= 15 is 0 Å². The molecule has 5 aromatic heterocycles. The highest BCUT2D eigenvalue weighted by Crippen LogP contribution is 2.42. The minimum Gasteiger partial charge on any atom is -0.469 e. The van der Waals surface area contributed by atoms with Gasteiger partial charge in [-0.25, -0.2) is 19.6 Å². The molecule has 506 valence electrons. The molecule has 2 saturated heterocycles. The number of allylic oxidation sites excluding steroid dienone is 5. The van der Waals surface area contributed by atoms with Crippen LogP contribution in [0.4, 0.5) is 0 Å². The maximum atomic E-state index is 14.3. The highest BCUT2D eigenvalue weighted by Gasteiger charge is 2.52. The van der Waals surface area contributed by atoms with E-state index in [-0.39, 0.29) is 59.3 Å². The van der Waals surface area contributed by atoms with Crippen LogP contribution in [-0.4, -0.2) is 151 Å². The number of hydrogen-bond acceptors (Lipinski definition) is 24. The molecule has 30 nitrogen and oxygen atoms in total. The van der Waals surface area contributed by atoms with Crippen molar-refractivity contribution in [1.82, 2.24) is 39.0 Å². The lowest BCUT2D eigenvalue weighted by molar-refractivity contribution is -0.166. The summed E-state index contributed by atoms with van der Waals surface area (Å²) in [5.74, 6) is -5.72. The third-order valence-corrected chi connectivity index (χ3v) is 16.4. The van der Waals surface area contributed by atoms with Crippen LogP contribution in [0.25, 0.3) is 62.1 Å². The van der Waals surface area contributed by atoms with E-state index in [1.54, 1.807) is 38.1 Å². The van der Waals surface area contributed by atoms with Gasteiger partial charge in [-0.1, -0.05) is 12.7 Å². The summed E-state index contributed by atoms with van der Waals surface area (Å²) in [6, 6.07) is 7.00. The van der Waals surface area contributed by atoms with E-state index in [2.05, 4.69) is 26.5 Å². The number of nitrogens with one attached hydrogen (secondary N) is 4. The Kier molecular flexibility index (Phi) is 20.8. The first-order valence-electron chi connectivity index (χ1n) is 30.1. The molecule has 5 aromatic rings. The van der Waals surface area contributed by atoms with Crippen LogP contribution in [0.3, 0.4) is 0 Å². The van der Waals surface area contributed by atoms with Crippen LogP contribution in [0.5, 0.6) is 0 Å². The maximum Gasteiger partial charge on any atom is 0.330 e. The summed E-state index contributed by atoms with van der Waals surface area (Å²) in [6.45, 7) is 17.3. The molecule has 0 amide bonds. The van der Waals surface area contributed by atoms with Crippen molar-refractivity contribution in [3.8, 4) is 0 Å². The molecule has 0 aliphatic carbocycles. The van der Waals surface area contributed by atoms with E-state index < -0.39 is 133 Å². The number of fused-ring (bicyclic) bond motifs is 8. The summed E-state index contributed by atoms with van der Waals surface area (Å²) >= 11 is 0. The standard InChI is InChI=1S/C66H70N8O22/c1-28-40(15-14-39-24-73(65(85)71-61(39)83)63-59(93-37(10)79)57(91-35(8)77)52(95-63)26-89-33(6)75)48-21-47-32(5)56(31(4)43-25-74(66(86)72-62(43)84)64-60(94-38(11)80)58(92-36(9)78)53(96-64)27-90-34(7)76)51(70-47)22-46-30(3)42(17-19-55(82)88-13)50(69-46)23-49-41(16-18-54(81)87-12)29(2)45(68-49)20-44(28)67-48/h14-15,20-25,52-53,57-60,63-64,67,69H,4,16-19,26-27H2,1-3,5-13H3,(H,71,83,85)(H,72,84,86)/b15-14+,44-20?,45-20?,46-22?,47-21?,48-21?,49-23?,50-23?,51-22?/t52-,53-,57-,58-,59-,60-,63?,64?/m1/s1. The van der Waals surface area contributed by atoms with Gasteiger partial charge in [0, 0.05) is 100.0 Å². The Morgan fingerprint density at radius 3 is 1.53 bits per heavy atom. The number of carbonyl (C=O) groups is 8. The number of nitrogens with zero attached hydrogens (tertiary/aromatic N) is 4. The van der Waals surface area contributed by atoms with Crippen LogP contribution in [0, 0.1) is 13.8 Å². The van der Waals surface area contributed by atoms with Crippen LogP contribution >= 0.6 is 0 Å². The quantitative estimate of drug-likeness (QED) is 0.0582. The van der Waals surface area contributed by atoms with Crippen molar-refractivity contribution in [1.29, 1.82) is 0 Å². The molecule has 4 N–H and O–H groups in total. The summed E-state index contributed by atoms with van der Waals surface area (Å²) in [4.78, 5) is 178. The largest absolute Gasteiger partial charge is 0.469 e. The molecule has 2 unspecified atom stereocenters. The van der Waals surface area contributed by atoms with Crippen molar-refractivity contribution in [2.75, 3.05) is 27.4 Å². The van der Waals surface area contributed by atoms with Crippen molar-refractivity contribution >= 4 is 110 Å². The maximum absolute atomic E-state index is 14.3. The van der Waals surface area contributed by atoms with Gasteiger partial charge in [-0.2, -0.15) is 0 Å². The molecule has 9 rings (SSSR count). The minimum atomic E-state index is -1.60. The van der Waals surface area contributed by atoms with Crippen molar-refractivity contribution in [3.63, 3.8) is 0 Å². The zero-order valence-electron chi connectivity index (χ0n) is 54.5. The third kappa shape index (κ3) is 14.9. The fourth-order valence-electron chi connectivity index (χ4n) is 11.9. The van der Waals surface area contributed by atoms with E-state index in [1.165, 1.54) is 20.3 Å². The number of aromatic amines is 4. The number of ether oxygens (including phenoxy) is 10. The molecule has 9 heterocycles. The Labute approximate surface area is 545 Å². The first-order valence-corrected chi connectivity index (χ1v) is 30.1. The van der Waals surface area contributed by atoms with Gasteiger partial charge < -0.3 is 57.3 Å². The van der Waals surface area contributed by atoms with Gasteiger partial charge in [-0.15, -0.1) is 0 Å². The second-order valence-electron chi connectivity index (χ2n) is 22.9. The Balaban J connectivity index is 1.28. The third-order valence-electron chi connectivity index (χ3n) is 16.4. The van der Waals surface area contributed by atoms with Crippen molar-refractivity contribution < 1.29 is 85.7 Å². The highest BCUT2D eigenvalue weighted by molar-refractivity contribution is 6.15. The second kappa shape index (κ2) is 28.8. The van der Waals surface area contributed by atoms with E-state index in [0.29, 0.717) is 72.4 Å². The smallest absolute Gasteiger partial charge is 0.330 e. The second-order valence-corrected chi connectivity index (χ2v) is 22.9. The summed E-state index contributed by atoms with van der Waals surface area (Å²) in [6.07, 6.45) is -5.86. The van der Waals surface area contributed by atoms with Crippen LogP contribution in [0.15, 0.2) is 62.4 Å². The average molecular weight is 1330 g/mol. The predicted octanol–water partition coefficient (Wildman–Crippen LogP) is 5.08. The van der Waals surface area contributed by atoms with Gasteiger partial charge in [-0.05, 0) is 110 Å². The fourth-order valence-corrected chi connectivity index (χ4v) is 11.9. The SMILES string of the molecule is C=C(C1=C(C)c2cc3[nH]c(cc4nc(cc5[nH]c(cc1n2)c(C)c5CCC(=O)OC)C(CCC(=O)OC)=C4C)c(C)c3/C=C/c1cn(C2O[C@H](COC(C)=O)[C@@H](OC(C)=O)[C@H]2OC(C)=O)c(=O)[nH]c1=O)c1cn(C2O[C@H](COC(C)=O)[C@@H](OC(C)=O)[C@H]2OC(C)=O)c(=O)[nH]c1=O. The van der Waals surface area contributed by atoms with Crippen molar-refractivity contribution in [2.45, 2.75) is 144 Å². The summed E-state index contributed by atoms with van der Waals surface area (Å²) in [5, 5.41) is 0. The normalized spacial score (nSPS) is 19.8. The highest BCUT2D eigenvalue weighted by atomic mass is 16.7. The van der Waals surface area contributed by atoms with Gasteiger partial charge in [0.05, 0.1) is 48.1 Å². The van der Waals surface area contributed by atoms with Gasteiger partial charge in [0.1, 0.15) is 25.4 Å². The summed E-state index contributed by atoms with van der Waals surface area (Å²) < 4.78 is 56.9. The van der Waals surface area contributed by atoms with Gasteiger partial charge in [0.2, 0.25) is 0 Å². The number of hydrogen-bond donors (Lipinski definition) is 4. The lowest BCUT2D eigenvalue weighted by Gasteiger charge is -2.24. The molecular weight excluding hydrogens is 1260 g/mol. The first kappa shape index (κ1) is 69.5. The van der Waals surface area contributed by atoms with Crippen molar-refractivity contribution in [2.24, 2.45) is 0 Å². The molecular formula is C66H70N8O22. The van der Waals surface area contributed by atoms with E-state index in [9.17, 15) is 57.5 Å². The first-order chi connectivity index (χ1) is 45.5. The van der Waals surface area contributed by atoms with Gasteiger partial charge >= 0.3 is 59.1 Å². The molecule has 8 atom stereocenters. The van der Waals surface area contributed by atoms with E-state index in [4.69, 9.17) is 57.3 Å². The lowest BCUT2D eigenvalue weighted by Crippen LogP contribution is -2.42. The summed E-state index contributed by atoms with van der Waals surface area (Å²) in [5.41, 5.74) is 3.65. The molecule has 0 aromatic carbocycles. The topological polar surface area (TPSA) is 396 Å². The Hall–Kier alpha value is -10.9. The molecule has 4 aliphatic rings.